The van der Waals surface area contributed by atoms with Crippen molar-refractivity contribution in [2.24, 2.45) is 5.92 Å². The predicted molar refractivity (Wildman–Crippen MR) is 70.9 cm³/mol. The maximum absolute atomic E-state index is 5.69. The van der Waals surface area contributed by atoms with Crippen LogP contribution in [-0.2, 0) is 11.3 Å². The van der Waals surface area contributed by atoms with Gasteiger partial charge in [-0.2, -0.15) is 0 Å². The monoisotopic (exact) mass is 233 g/mol. The lowest BCUT2D eigenvalue weighted by atomic mass is 10.1. The highest BCUT2D eigenvalue weighted by atomic mass is 16.5. The molecule has 17 heavy (non-hydrogen) atoms. The van der Waals surface area contributed by atoms with Crippen LogP contribution in [0.25, 0.3) is 0 Å². The average molecular weight is 233 g/mol. The van der Waals surface area contributed by atoms with Gasteiger partial charge in [0, 0.05) is 12.6 Å². The van der Waals surface area contributed by atoms with Crippen molar-refractivity contribution < 1.29 is 4.74 Å². The van der Waals surface area contributed by atoms with Gasteiger partial charge in [0.15, 0.2) is 0 Å². The van der Waals surface area contributed by atoms with Crippen LogP contribution in [-0.4, -0.2) is 19.2 Å². The first-order valence-electron chi connectivity index (χ1n) is 6.69. The summed E-state index contributed by atoms with van der Waals surface area (Å²) in [7, 11) is 0. The molecule has 1 fully saturated rings. The Labute approximate surface area is 104 Å². The number of hydrogen-bond acceptors (Lipinski definition) is 2. The molecule has 1 unspecified atom stereocenters. The maximum Gasteiger partial charge on any atom is 0.0716 e. The lowest BCUT2D eigenvalue weighted by Crippen LogP contribution is -2.23. The zero-order chi connectivity index (χ0) is 11.9. The van der Waals surface area contributed by atoms with Crippen LogP contribution in [0.1, 0.15) is 31.7 Å². The molecular weight excluding hydrogens is 210 g/mol. The van der Waals surface area contributed by atoms with Crippen molar-refractivity contribution in [2.45, 2.75) is 38.8 Å². The highest BCUT2D eigenvalue weighted by Gasteiger charge is 2.20. The Balaban J connectivity index is 1.50. The fraction of sp³-hybridized carbons (Fsp3) is 0.600. The van der Waals surface area contributed by atoms with Crippen LogP contribution in [0.4, 0.5) is 0 Å². The van der Waals surface area contributed by atoms with Gasteiger partial charge in [-0.25, -0.2) is 0 Å². The minimum atomic E-state index is 0.714. The van der Waals surface area contributed by atoms with Gasteiger partial charge in [0.2, 0.25) is 0 Å². The predicted octanol–water partition coefficient (Wildman–Crippen LogP) is 2.98. The van der Waals surface area contributed by atoms with Crippen LogP contribution >= 0.6 is 0 Å². The zero-order valence-corrected chi connectivity index (χ0v) is 10.7. The molecule has 1 N–H and O–H groups in total. The molecular formula is C15H23NO. The van der Waals surface area contributed by atoms with E-state index in [0.29, 0.717) is 5.92 Å². The van der Waals surface area contributed by atoms with Gasteiger partial charge in [-0.3, -0.25) is 0 Å². The van der Waals surface area contributed by atoms with E-state index in [1.165, 1.54) is 18.4 Å². The maximum atomic E-state index is 5.69. The van der Waals surface area contributed by atoms with Crippen molar-refractivity contribution in [1.82, 2.24) is 5.32 Å². The summed E-state index contributed by atoms with van der Waals surface area (Å²) in [5.41, 5.74) is 1.26. The lowest BCUT2D eigenvalue weighted by molar-refractivity contribution is 0.109. The minimum Gasteiger partial charge on any atom is -0.377 e. The summed E-state index contributed by atoms with van der Waals surface area (Å²) in [4.78, 5) is 0. The van der Waals surface area contributed by atoms with Crippen LogP contribution in [0, 0.1) is 5.92 Å². The number of benzene rings is 1. The normalized spacial score (nSPS) is 17.0. The summed E-state index contributed by atoms with van der Waals surface area (Å²) in [6.45, 7) is 5.03. The second kappa shape index (κ2) is 6.77. The standard InChI is InChI=1S/C15H23NO/c1-13(11-16-15-7-8-15)9-10-17-12-14-5-3-2-4-6-14/h2-6,13,15-16H,7-12H2,1H3. The Bertz CT molecular complexity index is 308. The average Bonchev–Trinajstić information content (AvgIpc) is 3.17. The van der Waals surface area contributed by atoms with Gasteiger partial charge in [0.1, 0.15) is 0 Å². The molecule has 0 saturated heterocycles. The summed E-state index contributed by atoms with van der Waals surface area (Å²) in [5.74, 6) is 0.714. The second-order valence-electron chi connectivity index (χ2n) is 5.11. The quantitative estimate of drug-likeness (QED) is 0.697. The third-order valence-corrected chi connectivity index (χ3v) is 3.20. The number of ether oxygens (including phenoxy) is 1. The summed E-state index contributed by atoms with van der Waals surface area (Å²) < 4.78 is 5.69. The Morgan fingerprint density at radius 3 is 2.76 bits per heavy atom. The molecule has 94 valence electrons. The SMILES string of the molecule is CC(CCOCc1ccccc1)CNC1CC1. The van der Waals surface area contributed by atoms with Crippen LogP contribution < -0.4 is 5.32 Å². The molecule has 0 spiro atoms. The lowest BCUT2D eigenvalue weighted by Gasteiger charge is -2.12. The first-order valence-corrected chi connectivity index (χ1v) is 6.69. The molecule has 0 aliphatic heterocycles. The molecule has 2 heteroatoms. The smallest absolute Gasteiger partial charge is 0.0716 e. The Kier molecular flexibility index (Phi) is 5.02. The first kappa shape index (κ1) is 12.6. The summed E-state index contributed by atoms with van der Waals surface area (Å²) in [6.07, 6.45) is 3.89. The van der Waals surface area contributed by atoms with Gasteiger partial charge in [-0.15, -0.1) is 0 Å². The highest BCUT2D eigenvalue weighted by molar-refractivity contribution is 5.13. The van der Waals surface area contributed by atoms with Crippen molar-refractivity contribution in [1.29, 1.82) is 0 Å². The van der Waals surface area contributed by atoms with E-state index in [1.54, 1.807) is 0 Å². The van der Waals surface area contributed by atoms with Crippen molar-refractivity contribution >= 4 is 0 Å². The van der Waals surface area contributed by atoms with Crippen LogP contribution in [0.15, 0.2) is 30.3 Å². The van der Waals surface area contributed by atoms with E-state index >= 15 is 0 Å². The first-order chi connectivity index (χ1) is 8.34. The summed E-state index contributed by atoms with van der Waals surface area (Å²) in [6, 6.07) is 11.2. The second-order valence-corrected chi connectivity index (χ2v) is 5.11. The van der Waals surface area contributed by atoms with Crippen LogP contribution in [0.3, 0.4) is 0 Å². The van der Waals surface area contributed by atoms with Crippen molar-refractivity contribution in [3.8, 4) is 0 Å². The molecule has 0 heterocycles. The summed E-state index contributed by atoms with van der Waals surface area (Å²) >= 11 is 0. The third-order valence-electron chi connectivity index (χ3n) is 3.20. The van der Waals surface area contributed by atoms with E-state index in [1.807, 2.05) is 6.07 Å². The van der Waals surface area contributed by atoms with Gasteiger partial charge in [-0.1, -0.05) is 37.3 Å². The number of hydrogen-bond donors (Lipinski definition) is 1. The van der Waals surface area contributed by atoms with Crippen molar-refractivity contribution in [3.63, 3.8) is 0 Å². The van der Waals surface area contributed by atoms with E-state index in [9.17, 15) is 0 Å². The van der Waals surface area contributed by atoms with E-state index in [2.05, 4.69) is 36.5 Å². The van der Waals surface area contributed by atoms with Crippen LogP contribution in [0.2, 0.25) is 0 Å². The Hall–Kier alpha value is -0.860. The molecule has 0 amide bonds. The van der Waals surface area contributed by atoms with Crippen LogP contribution in [0.5, 0.6) is 0 Å². The third kappa shape index (κ3) is 5.33. The molecule has 2 rings (SSSR count). The topological polar surface area (TPSA) is 21.3 Å². The van der Waals surface area contributed by atoms with Gasteiger partial charge < -0.3 is 10.1 Å². The molecule has 1 saturated carbocycles. The molecule has 1 aliphatic carbocycles. The molecule has 1 aliphatic rings. The van der Waals surface area contributed by atoms with E-state index in [0.717, 1.165) is 32.2 Å². The van der Waals surface area contributed by atoms with E-state index < -0.39 is 0 Å². The van der Waals surface area contributed by atoms with Gasteiger partial charge >= 0.3 is 0 Å². The molecule has 0 radical (unpaired) electrons. The van der Waals surface area contributed by atoms with Gasteiger partial charge in [0.05, 0.1) is 6.61 Å². The molecule has 1 atom stereocenters. The highest BCUT2D eigenvalue weighted by Crippen LogP contribution is 2.19. The molecule has 2 nitrogen and oxygen atoms in total. The van der Waals surface area contributed by atoms with E-state index in [-0.39, 0.29) is 0 Å². The molecule has 1 aromatic rings. The zero-order valence-electron chi connectivity index (χ0n) is 10.7. The largest absolute Gasteiger partial charge is 0.377 e. The van der Waals surface area contributed by atoms with Gasteiger partial charge in [0.25, 0.3) is 0 Å². The number of rotatable bonds is 8. The molecule has 0 bridgehead atoms. The number of nitrogens with one attached hydrogen (secondary N) is 1. The minimum absolute atomic E-state index is 0.714. The Morgan fingerprint density at radius 1 is 1.29 bits per heavy atom. The summed E-state index contributed by atoms with van der Waals surface area (Å²) in [5, 5.41) is 3.56. The molecule has 0 aromatic heterocycles. The Morgan fingerprint density at radius 2 is 2.06 bits per heavy atom. The van der Waals surface area contributed by atoms with E-state index in [4.69, 9.17) is 4.74 Å². The van der Waals surface area contributed by atoms with Crippen molar-refractivity contribution in [3.05, 3.63) is 35.9 Å². The fourth-order valence-corrected chi connectivity index (χ4v) is 1.81. The van der Waals surface area contributed by atoms with Crippen molar-refractivity contribution in [2.75, 3.05) is 13.2 Å². The van der Waals surface area contributed by atoms with Gasteiger partial charge in [-0.05, 0) is 37.3 Å². The molecule has 1 aromatic carbocycles. The fourth-order valence-electron chi connectivity index (χ4n) is 1.81.